The number of pyridine rings is 1. The summed E-state index contributed by atoms with van der Waals surface area (Å²) in [4.78, 5) is 28.4. The predicted octanol–water partition coefficient (Wildman–Crippen LogP) is 4.67. The van der Waals surface area contributed by atoms with E-state index in [4.69, 9.17) is 15.2 Å². The molecule has 1 saturated heterocycles. The highest BCUT2D eigenvalue weighted by molar-refractivity contribution is 5.97. The zero-order valence-electron chi connectivity index (χ0n) is 20.9. The van der Waals surface area contributed by atoms with Gasteiger partial charge in [-0.1, -0.05) is 0 Å². The average molecular weight is 519 g/mol. The number of benzene rings is 1. The number of hydrogen-bond acceptors (Lipinski definition) is 7. The molecule has 1 aliphatic heterocycles. The number of carbonyl (C=O) groups excluding carboxylic acids is 1. The summed E-state index contributed by atoms with van der Waals surface area (Å²) in [6.07, 6.45) is 7.40. The Morgan fingerprint density at radius 1 is 0.846 bits per heavy atom. The zero-order valence-corrected chi connectivity index (χ0v) is 20.9. The fourth-order valence-corrected chi connectivity index (χ4v) is 5.02. The van der Waals surface area contributed by atoms with Gasteiger partial charge in [0.15, 0.2) is 17.1 Å². The molecule has 0 saturated carbocycles. The standard InChI is InChI=1S/C29H23FN8O/c30-21-5-3-20(4-6-21)28-29(38-26(33-28)9-10-27(35-38)36-15-1-2-16-36)23-7-8-25-32-22(18-37(25)34-23)17-24(39)19-11-13-31-14-12-19/h3-14,18H,1-2,15-17H2. The van der Waals surface area contributed by atoms with Crippen molar-refractivity contribution in [2.45, 2.75) is 19.3 Å². The number of aromatic nitrogens is 7. The molecule has 0 amide bonds. The normalized spacial score (nSPS) is 13.5. The van der Waals surface area contributed by atoms with Crippen LogP contribution in [0.25, 0.3) is 33.9 Å². The smallest absolute Gasteiger partial charge is 0.168 e. The van der Waals surface area contributed by atoms with Gasteiger partial charge >= 0.3 is 0 Å². The van der Waals surface area contributed by atoms with Crippen LogP contribution >= 0.6 is 0 Å². The third kappa shape index (κ3) is 4.29. The maximum atomic E-state index is 13.7. The van der Waals surface area contributed by atoms with E-state index in [0.717, 1.165) is 37.3 Å². The largest absolute Gasteiger partial charge is 0.355 e. The molecule has 192 valence electrons. The van der Waals surface area contributed by atoms with Crippen molar-refractivity contribution < 1.29 is 9.18 Å². The van der Waals surface area contributed by atoms with E-state index in [1.807, 2.05) is 28.8 Å². The van der Waals surface area contributed by atoms with Crippen LogP contribution < -0.4 is 4.90 Å². The van der Waals surface area contributed by atoms with Crippen molar-refractivity contribution >= 4 is 22.9 Å². The second-order valence-electron chi connectivity index (χ2n) is 9.56. The molecule has 0 radical (unpaired) electrons. The summed E-state index contributed by atoms with van der Waals surface area (Å²) < 4.78 is 17.2. The number of Topliss-reactive ketones (excluding diaryl/α,β-unsaturated/α-hetero) is 1. The topological polar surface area (TPSA) is 93.6 Å². The minimum Gasteiger partial charge on any atom is -0.355 e. The van der Waals surface area contributed by atoms with Crippen molar-refractivity contribution in [3.05, 3.63) is 96.3 Å². The van der Waals surface area contributed by atoms with E-state index in [9.17, 15) is 9.18 Å². The number of hydrogen-bond donors (Lipinski definition) is 0. The van der Waals surface area contributed by atoms with Gasteiger partial charge in [0.05, 0.1) is 18.3 Å². The molecule has 0 N–H and O–H groups in total. The second-order valence-corrected chi connectivity index (χ2v) is 9.56. The lowest BCUT2D eigenvalue weighted by molar-refractivity contribution is 0.0992. The lowest BCUT2D eigenvalue weighted by Gasteiger charge is -2.16. The minimum atomic E-state index is -0.315. The quantitative estimate of drug-likeness (QED) is 0.296. The molecule has 6 heterocycles. The van der Waals surface area contributed by atoms with Gasteiger partial charge in [-0.3, -0.25) is 9.78 Å². The molecule has 0 aliphatic carbocycles. The first-order valence-corrected chi connectivity index (χ1v) is 12.8. The number of ketones is 1. The molecule has 9 nitrogen and oxygen atoms in total. The monoisotopic (exact) mass is 518 g/mol. The van der Waals surface area contributed by atoms with Gasteiger partial charge in [-0.05, 0) is 73.5 Å². The number of imidazole rings is 2. The van der Waals surface area contributed by atoms with Gasteiger partial charge in [-0.15, -0.1) is 5.10 Å². The lowest BCUT2D eigenvalue weighted by Crippen LogP contribution is -2.20. The first-order valence-electron chi connectivity index (χ1n) is 12.8. The molecule has 1 aromatic carbocycles. The maximum Gasteiger partial charge on any atom is 0.168 e. The Morgan fingerprint density at radius 3 is 2.41 bits per heavy atom. The molecule has 0 spiro atoms. The van der Waals surface area contributed by atoms with Gasteiger partial charge in [-0.2, -0.15) is 5.10 Å². The molecule has 0 bridgehead atoms. The van der Waals surface area contributed by atoms with Crippen molar-refractivity contribution in [1.82, 2.24) is 34.2 Å². The van der Waals surface area contributed by atoms with E-state index < -0.39 is 0 Å². The highest BCUT2D eigenvalue weighted by atomic mass is 19.1. The second kappa shape index (κ2) is 9.39. The van der Waals surface area contributed by atoms with Crippen molar-refractivity contribution in [1.29, 1.82) is 0 Å². The molecule has 7 rings (SSSR count). The van der Waals surface area contributed by atoms with Crippen molar-refractivity contribution in [3.8, 4) is 22.6 Å². The lowest BCUT2D eigenvalue weighted by atomic mass is 10.1. The average Bonchev–Trinajstić information content (AvgIpc) is 3.71. The van der Waals surface area contributed by atoms with Crippen LogP contribution in [-0.2, 0) is 6.42 Å². The van der Waals surface area contributed by atoms with Crippen molar-refractivity contribution in [3.63, 3.8) is 0 Å². The van der Waals surface area contributed by atoms with Crippen LogP contribution in [0.1, 0.15) is 28.9 Å². The Kier molecular flexibility index (Phi) is 5.58. The molecule has 0 unspecified atom stereocenters. The van der Waals surface area contributed by atoms with E-state index >= 15 is 0 Å². The fraction of sp³-hybridized carbons (Fsp3) is 0.172. The van der Waals surface area contributed by atoms with E-state index in [2.05, 4.69) is 14.9 Å². The van der Waals surface area contributed by atoms with Gasteiger partial charge in [0.25, 0.3) is 0 Å². The minimum absolute atomic E-state index is 0.0416. The van der Waals surface area contributed by atoms with Crippen LogP contribution in [0.4, 0.5) is 10.2 Å². The van der Waals surface area contributed by atoms with E-state index in [1.165, 1.54) is 12.1 Å². The van der Waals surface area contributed by atoms with E-state index in [0.29, 0.717) is 39.6 Å². The fourth-order valence-electron chi connectivity index (χ4n) is 5.02. The Balaban J connectivity index is 1.33. The number of fused-ring (bicyclic) bond motifs is 2. The number of nitrogens with zero attached hydrogens (tertiary/aromatic N) is 8. The van der Waals surface area contributed by atoms with Gasteiger partial charge in [0.1, 0.15) is 28.7 Å². The van der Waals surface area contributed by atoms with Gasteiger partial charge in [0, 0.05) is 36.6 Å². The first-order chi connectivity index (χ1) is 19.1. The summed E-state index contributed by atoms with van der Waals surface area (Å²) in [5.74, 6) is 0.523. The predicted molar refractivity (Wildman–Crippen MR) is 144 cm³/mol. The number of rotatable bonds is 6. The molecule has 1 fully saturated rings. The summed E-state index contributed by atoms with van der Waals surface area (Å²) in [7, 11) is 0. The van der Waals surface area contributed by atoms with Gasteiger partial charge in [0.2, 0.25) is 0 Å². The number of anilines is 1. The van der Waals surface area contributed by atoms with Crippen LogP contribution in [-0.4, -0.2) is 53.1 Å². The zero-order chi connectivity index (χ0) is 26.3. The van der Waals surface area contributed by atoms with Gasteiger partial charge in [-0.25, -0.2) is 23.4 Å². The third-order valence-corrected chi connectivity index (χ3v) is 6.97. The summed E-state index contributed by atoms with van der Waals surface area (Å²) >= 11 is 0. The highest BCUT2D eigenvalue weighted by Gasteiger charge is 2.22. The molecule has 5 aromatic heterocycles. The van der Waals surface area contributed by atoms with Crippen molar-refractivity contribution in [2.75, 3.05) is 18.0 Å². The van der Waals surface area contributed by atoms with E-state index in [1.54, 1.807) is 47.4 Å². The first kappa shape index (κ1) is 23.2. The molecule has 39 heavy (non-hydrogen) atoms. The molecule has 6 aromatic rings. The summed E-state index contributed by atoms with van der Waals surface area (Å²) in [5, 5.41) is 9.79. The van der Waals surface area contributed by atoms with Crippen LogP contribution in [0, 0.1) is 5.82 Å². The molecule has 10 heteroatoms. The maximum absolute atomic E-state index is 13.7. The Morgan fingerprint density at radius 2 is 1.62 bits per heavy atom. The van der Waals surface area contributed by atoms with Gasteiger partial charge < -0.3 is 4.90 Å². The summed E-state index contributed by atoms with van der Waals surface area (Å²) in [6.45, 7) is 1.93. The number of carbonyl (C=O) groups is 1. The molecular weight excluding hydrogens is 495 g/mol. The summed E-state index contributed by atoms with van der Waals surface area (Å²) in [6, 6.07) is 17.3. The number of halogens is 1. The summed E-state index contributed by atoms with van der Waals surface area (Å²) in [5.41, 5.74) is 5.24. The Bertz CT molecular complexity index is 1820. The van der Waals surface area contributed by atoms with Crippen LogP contribution in [0.5, 0.6) is 0 Å². The van der Waals surface area contributed by atoms with Crippen molar-refractivity contribution in [2.24, 2.45) is 0 Å². The highest BCUT2D eigenvalue weighted by Crippen LogP contribution is 2.32. The third-order valence-electron chi connectivity index (χ3n) is 6.97. The molecule has 1 aliphatic rings. The van der Waals surface area contributed by atoms with Crippen LogP contribution in [0.3, 0.4) is 0 Å². The Labute approximate surface area is 222 Å². The Hall–Kier alpha value is -4.99. The van der Waals surface area contributed by atoms with Crippen LogP contribution in [0.2, 0.25) is 0 Å². The van der Waals surface area contributed by atoms with E-state index in [-0.39, 0.29) is 18.0 Å². The molecule has 0 atom stereocenters. The SMILES string of the molecule is O=C(Cc1cn2nc(-c3c(-c4ccc(F)cc4)nc4ccc(N5CCCC5)nn34)ccc2n1)c1ccncc1. The van der Waals surface area contributed by atoms with Crippen LogP contribution in [0.15, 0.2) is 79.3 Å². The molecular formula is C29H23FN8O.